The molecule has 4 aromatic rings. The maximum atomic E-state index is 12.3. The largest absolute Gasteiger partial charge is 0.321 e. The summed E-state index contributed by atoms with van der Waals surface area (Å²) >= 11 is 0. The third-order valence-corrected chi connectivity index (χ3v) is 5.10. The van der Waals surface area contributed by atoms with E-state index >= 15 is 0 Å². The maximum absolute atomic E-state index is 12.3. The fourth-order valence-corrected chi connectivity index (χ4v) is 3.55. The lowest BCUT2D eigenvalue weighted by Gasteiger charge is -2.14. The molecule has 3 heterocycles. The minimum Gasteiger partial charge on any atom is -0.321 e. The van der Waals surface area contributed by atoms with Crippen LogP contribution in [0.1, 0.15) is 40.4 Å². The molecule has 0 fully saturated rings. The molecule has 3 aromatic heterocycles. The van der Waals surface area contributed by atoms with Gasteiger partial charge in [-0.25, -0.2) is 9.97 Å². The number of nitrogens with zero attached hydrogens (tertiary/aromatic N) is 6. The first-order valence-corrected chi connectivity index (χ1v) is 9.61. The van der Waals surface area contributed by atoms with Crippen molar-refractivity contribution >= 4 is 17.4 Å². The molecule has 1 aliphatic carbocycles. The molecule has 0 spiro atoms. The monoisotopic (exact) mass is 385 g/mol. The first-order chi connectivity index (χ1) is 14.2. The second-order valence-electron chi connectivity index (χ2n) is 7.17. The van der Waals surface area contributed by atoms with E-state index in [2.05, 4.69) is 34.9 Å². The van der Waals surface area contributed by atoms with Gasteiger partial charge in [0.1, 0.15) is 5.69 Å². The quantitative estimate of drug-likeness (QED) is 0.582. The molecule has 1 aromatic carbocycles. The van der Waals surface area contributed by atoms with Gasteiger partial charge < -0.3 is 5.32 Å². The standard InChI is InChI=1S/C21H19N7O/c1-13-10-23-17(11-22-13)20(29)24-15-8-6-14(7-9-15)18-12-28-19-5-3-2-4-16(19)26-27-21(28)25-18/h6-12H,2-5H2,1H3,(H,24,29). The van der Waals surface area contributed by atoms with Crippen LogP contribution in [-0.4, -0.2) is 35.5 Å². The molecular formula is C21H19N7O. The Balaban J connectivity index is 1.38. The summed E-state index contributed by atoms with van der Waals surface area (Å²) in [5, 5.41) is 11.4. The Bertz CT molecular complexity index is 1200. The number of benzene rings is 1. The number of carbonyl (C=O) groups is 1. The van der Waals surface area contributed by atoms with Crippen molar-refractivity contribution < 1.29 is 4.79 Å². The van der Waals surface area contributed by atoms with Gasteiger partial charge in [0.25, 0.3) is 11.7 Å². The lowest BCUT2D eigenvalue weighted by molar-refractivity contribution is 0.102. The molecule has 0 atom stereocenters. The van der Waals surface area contributed by atoms with E-state index in [9.17, 15) is 4.79 Å². The molecule has 8 heteroatoms. The topological polar surface area (TPSA) is 98.0 Å². The number of nitrogens with one attached hydrogen (secondary N) is 1. The number of imidazole rings is 1. The van der Waals surface area contributed by atoms with Crippen LogP contribution in [0.15, 0.2) is 42.9 Å². The van der Waals surface area contributed by atoms with E-state index in [4.69, 9.17) is 0 Å². The highest BCUT2D eigenvalue weighted by atomic mass is 16.1. The molecule has 8 nitrogen and oxygen atoms in total. The summed E-state index contributed by atoms with van der Waals surface area (Å²) in [6, 6.07) is 7.55. The summed E-state index contributed by atoms with van der Waals surface area (Å²) in [6.07, 6.45) is 9.37. The molecule has 0 aliphatic heterocycles. The van der Waals surface area contributed by atoms with Gasteiger partial charge >= 0.3 is 0 Å². The average Bonchev–Trinajstić information content (AvgIpc) is 3.19. The van der Waals surface area contributed by atoms with Crippen LogP contribution in [0.4, 0.5) is 5.69 Å². The molecule has 29 heavy (non-hydrogen) atoms. The number of carbonyl (C=O) groups excluding carboxylic acids is 1. The summed E-state index contributed by atoms with van der Waals surface area (Å²) in [4.78, 5) is 25.1. The second kappa shape index (κ2) is 7.05. The van der Waals surface area contributed by atoms with Crippen LogP contribution >= 0.6 is 0 Å². The molecule has 144 valence electrons. The van der Waals surface area contributed by atoms with Gasteiger partial charge in [-0.05, 0) is 44.7 Å². The highest BCUT2D eigenvalue weighted by molar-refractivity contribution is 6.02. The Morgan fingerprint density at radius 1 is 1.03 bits per heavy atom. The molecular weight excluding hydrogens is 366 g/mol. The number of aryl methyl sites for hydroxylation is 3. The Labute approximate surface area is 167 Å². The van der Waals surface area contributed by atoms with E-state index in [1.165, 1.54) is 18.3 Å². The van der Waals surface area contributed by atoms with Crippen molar-refractivity contribution in [2.24, 2.45) is 0 Å². The minimum atomic E-state index is -0.292. The van der Waals surface area contributed by atoms with Gasteiger partial charge in [0.15, 0.2) is 0 Å². The Hall–Kier alpha value is -3.68. The molecule has 0 bridgehead atoms. The van der Waals surface area contributed by atoms with E-state index < -0.39 is 0 Å². The van der Waals surface area contributed by atoms with Gasteiger partial charge in [-0.1, -0.05) is 12.1 Å². The summed E-state index contributed by atoms with van der Waals surface area (Å²) in [7, 11) is 0. The van der Waals surface area contributed by atoms with Gasteiger partial charge in [-0.3, -0.25) is 14.2 Å². The van der Waals surface area contributed by atoms with Gasteiger partial charge in [-0.2, -0.15) is 5.10 Å². The molecule has 1 amide bonds. The third kappa shape index (κ3) is 3.33. The van der Waals surface area contributed by atoms with Gasteiger partial charge in [0.2, 0.25) is 0 Å². The Morgan fingerprint density at radius 3 is 2.66 bits per heavy atom. The zero-order chi connectivity index (χ0) is 19.8. The summed E-state index contributed by atoms with van der Waals surface area (Å²) in [5.74, 6) is 0.329. The van der Waals surface area contributed by atoms with Gasteiger partial charge in [-0.15, -0.1) is 5.10 Å². The zero-order valence-electron chi connectivity index (χ0n) is 16.0. The van der Waals surface area contributed by atoms with Gasteiger partial charge in [0, 0.05) is 29.3 Å². The summed E-state index contributed by atoms with van der Waals surface area (Å²) < 4.78 is 2.06. The molecule has 0 radical (unpaired) electrons. The Kier molecular flexibility index (Phi) is 4.23. The van der Waals surface area contributed by atoms with Crippen molar-refractivity contribution in [1.82, 2.24) is 29.5 Å². The van der Waals surface area contributed by atoms with E-state index in [0.717, 1.165) is 41.9 Å². The lowest BCUT2D eigenvalue weighted by Crippen LogP contribution is -2.14. The van der Waals surface area contributed by atoms with Crippen LogP contribution in [0.25, 0.3) is 17.0 Å². The zero-order valence-corrected chi connectivity index (χ0v) is 16.0. The van der Waals surface area contributed by atoms with Crippen LogP contribution < -0.4 is 5.32 Å². The van der Waals surface area contributed by atoms with E-state index in [0.29, 0.717) is 11.5 Å². The number of rotatable bonds is 3. The molecule has 0 saturated heterocycles. The van der Waals surface area contributed by atoms with E-state index in [1.807, 2.05) is 37.4 Å². The predicted molar refractivity (Wildman–Crippen MR) is 108 cm³/mol. The van der Waals surface area contributed by atoms with Crippen molar-refractivity contribution in [3.63, 3.8) is 0 Å². The molecule has 0 saturated carbocycles. The van der Waals surface area contributed by atoms with Crippen molar-refractivity contribution in [2.45, 2.75) is 32.6 Å². The lowest BCUT2D eigenvalue weighted by atomic mass is 10.0. The highest BCUT2D eigenvalue weighted by Gasteiger charge is 2.17. The van der Waals surface area contributed by atoms with Crippen molar-refractivity contribution in [3.05, 3.63) is 65.6 Å². The van der Waals surface area contributed by atoms with E-state index in [1.54, 1.807) is 6.20 Å². The van der Waals surface area contributed by atoms with Crippen LogP contribution in [0.2, 0.25) is 0 Å². The third-order valence-electron chi connectivity index (χ3n) is 5.10. The molecule has 0 unspecified atom stereocenters. The normalized spacial score (nSPS) is 13.3. The first kappa shape index (κ1) is 17.4. The number of hydrogen-bond acceptors (Lipinski definition) is 6. The van der Waals surface area contributed by atoms with Crippen LogP contribution in [-0.2, 0) is 12.8 Å². The molecule has 1 N–H and O–H groups in total. The number of anilines is 1. The SMILES string of the molecule is Cc1cnc(C(=O)Nc2ccc(-c3cn4c5c(nnc4n3)CCCC5)cc2)cn1. The highest BCUT2D eigenvalue weighted by Crippen LogP contribution is 2.24. The van der Waals surface area contributed by atoms with Gasteiger partial charge in [0.05, 0.1) is 23.3 Å². The van der Waals surface area contributed by atoms with Crippen LogP contribution in [0.5, 0.6) is 0 Å². The smallest absolute Gasteiger partial charge is 0.275 e. The second-order valence-corrected chi connectivity index (χ2v) is 7.17. The predicted octanol–water partition coefficient (Wildman–Crippen LogP) is 3.02. The van der Waals surface area contributed by atoms with Crippen molar-refractivity contribution in [2.75, 3.05) is 5.32 Å². The van der Waals surface area contributed by atoms with Crippen LogP contribution in [0.3, 0.4) is 0 Å². The first-order valence-electron chi connectivity index (χ1n) is 9.61. The van der Waals surface area contributed by atoms with E-state index in [-0.39, 0.29) is 11.6 Å². The minimum absolute atomic E-state index is 0.281. The fraction of sp³-hybridized carbons (Fsp3) is 0.238. The number of aromatic nitrogens is 6. The van der Waals surface area contributed by atoms with Crippen LogP contribution in [0, 0.1) is 6.92 Å². The summed E-state index contributed by atoms with van der Waals surface area (Å²) in [6.45, 7) is 1.83. The number of amides is 1. The molecule has 1 aliphatic rings. The fourth-order valence-electron chi connectivity index (χ4n) is 3.55. The summed E-state index contributed by atoms with van der Waals surface area (Å²) in [5.41, 5.74) is 5.80. The number of hydrogen-bond donors (Lipinski definition) is 1. The molecule has 5 rings (SSSR count). The average molecular weight is 385 g/mol. The van der Waals surface area contributed by atoms with Crippen molar-refractivity contribution in [3.8, 4) is 11.3 Å². The maximum Gasteiger partial charge on any atom is 0.275 e. The van der Waals surface area contributed by atoms with Crippen molar-refractivity contribution in [1.29, 1.82) is 0 Å². The Morgan fingerprint density at radius 2 is 1.86 bits per heavy atom. The number of fused-ring (bicyclic) bond motifs is 3.